The Morgan fingerprint density at radius 3 is 2.31 bits per heavy atom. The molecule has 0 spiro atoms. The minimum Gasteiger partial charge on any atom is -0.493 e. The molecule has 1 N–H and O–H groups in total. The van der Waals surface area contributed by atoms with Gasteiger partial charge in [-0.3, -0.25) is 4.79 Å². The second kappa shape index (κ2) is 8.81. The summed E-state index contributed by atoms with van der Waals surface area (Å²) in [4.78, 5) is 12.4. The number of nitrogens with zero attached hydrogens (tertiary/aromatic N) is 1. The van der Waals surface area contributed by atoms with E-state index >= 15 is 0 Å². The molecule has 0 heterocycles. The van der Waals surface area contributed by atoms with Gasteiger partial charge in [0.15, 0.2) is 11.5 Å². The normalized spacial score (nSPS) is 10.8. The summed E-state index contributed by atoms with van der Waals surface area (Å²) in [5, 5.41) is 12.7. The number of nitrogens with one attached hydrogen (secondary N) is 1. The molecule has 2 aromatic carbocycles. The average Bonchev–Trinajstić information content (AvgIpc) is 2.62. The van der Waals surface area contributed by atoms with E-state index in [1.807, 2.05) is 6.07 Å². The van der Waals surface area contributed by atoms with Crippen LogP contribution in [0.5, 0.6) is 11.5 Å². The highest BCUT2D eigenvalue weighted by Gasteiger charge is 2.15. The van der Waals surface area contributed by atoms with Crippen LogP contribution in [0.1, 0.15) is 5.56 Å². The van der Waals surface area contributed by atoms with Crippen LogP contribution in [0.4, 0.5) is 5.69 Å². The number of benzene rings is 2. The van der Waals surface area contributed by atoms with Crippen molar-refractivity contribution in [1.29, 1.82) is 5.26 Å². The number of anilines is 1. The van der Waals surface area contributed by atoms with Crippen molar-refractivity contribution < 1.29 is 14.3 Å². The summed E-state index contributed by atoms with van der Waals surface area (Å²) in [6.07, 6.45) is 1.37. The van der Waals surface area contributed by atoms with Gasteiger partial charge < -0.3 is 14.8 Å². The SMILES string of the molecule is COc1cc(/C=C(\C#N)C(=O)Nc2c(Cl)cccc2Cl)cc(Cl)c1OC. The first kappa shape index (κ1) is 19.9. The monoisotopic (exact) mass is 410 g/mol. The van der Waals surface area contributed by atoms with Crippen LogP contribution in [-0.4, -0.2) is 20.1 Å². The van der Waals surface area contributed by atoms with Crippen LogP contribution in [0.2, 0.25) is 15.1 Å². The van der Waals surface area contributed by atoms with E-state index < -0.39 is 5.91 Å². The topological polar surface area (TPSA) is 71.3 Å². The third kappa shape index (κ3) is 4.41. The number of para-hydroxylation sites is 1. The molecule has 0 aliphatic rings. The second-order valence-electron chi connectivity index (χ2n) is 4.96. The molecule has 8 heteroatoms. The Morgan fingerprint density at radius 2 is 1.77 bits per heavy atom. The summed E-state index contributed by atoms with van der Waals surface area (Å²) in [6.45, 7) is 0. The van der Waals surface area contributed by atoms with Crippen LogP contribution in [0.25, 0.3) is 6.08 Å². The largest absolute Gasteiger partial charge is 0.493 e. The number of nitriles is 1. The lowest BCUT2D eigenvalue weighted by atomic mass is 10.1. The molecule has 0 bridgehead atoms. The van der Waals surface area contributed by atoms with Crippen LogP contribution < -0.4 is 14.8 Å². The van der Waals surface area contributed by atoms with Crippen molar-refractivity contribution in [3.63, 3.8) is 0 Å². The van der Waals surface area contributed by atoms with Gasteiger partial charge in [-0.25, -0.2) is 0 Å². The van der Waals surface area contributed by atoms with Crippen molar-refractivity contribution >= 4 is 52.5 Å². The van der Waals surface area contributed by atoms with Crippen molar-refractivity contribution in [1.82, 2.24) is 0 Å². The first-order valence-corrected chi connectivity index (χ1v) is 8.33. The Bertz CT molecular complexity index is 900. The number of hydrogen-bond acceptors (Lipinski definition) is 4. The van der Waals surface area contributed by atoms with Gasteiger partial charge in [0.2, 0.25) is 0 Å². The van der Waals surface area contributed by atoms with E-state index in [4.69, 9.17) is 44.3 Å². The minimum atomic E-state index is -0.659. The fraction of sp³-hybridized carbons (Fsp3) is 0.111. The second-order valence-corrected chi connectivity index (χ2v) is 6.18. The minimum absolute atomic E-state index is 0.163. The van der Waals surface area contributed by atoms with Crippen LogP contribution >= 0.6 is 34.8 Å². The lowest BCUT2D eigenvalue weighted by Crippen LogP contribution is -2.14. The van der Waals surface area contributed by atoms with E-state index in [-0.39, 0.29) is 26.3 Å². The Labute approximate surface area is 165 Å². The Hall–Kier alpha value is -2.39. The van der Waals surface area contributed by atoms with Gasteiger partial charge in [0.1, 0.15) is 11.6 Å². The van der Waals surface area contributed by atoms with Gasteiger partial charge in [-0.1, -0.05) is 40.9 Å². The maximum atomic E-state index is 12.4. The van der Waals surface area contributed by atoms with Crippen LogP contribution in [0, 0.1) is 11.3 Å². The number of carbonyl (C=O) groups excluding carboxylic acids is 1. The van der Waals surface area contributed by atoms with Gasteiger partial charge in [-0.15, -0.1) is 0 Å². The molecule has 0 fully saturated rings. The van der Waals surface area contributed by atoms with E-state index in [0.717, 1.165) is 0 Å². The fourth-order valence-corrected chi connectivity index (χ4v) is 2.92. The van der Waals surface area contributed by atoms with Crippen LogP contribution in [-0.2, 0) is 4.79 Å². The summed E-state index contributed by atoms with van der Waals surface area (Å²) in [5.74, 6) is 0.0728. The average molecular weight is 412 g/mol. The molecule has 0 atom stereocenters. The predicted octanol–water partition coefficient (Wildman–Crippen LogP) is 5.21. The molecular weight excluding hydrogens is 399 g/mol. The molecular formula is C18H13Cl3N2O3. The molecule has 5 nitrogen and oxygen atoms in total. The van der Waals surface area contributed by atoms with E-state index in [2.05, 4.69) is 5.32 Å². The Morgan fingerprint density at radius 1 is 1.12 bits per heavy atom. The molecule has 1 amide bonds. The summed E-state index contributed by atoms with van der Waals surface area (Å²) >= 11 is 18.2. The smallest absolute Gasteiger partial charge is 0.266 e. The number of carbonyl (C=O) groups is 1. The summed E-state index contributed by atoms with van der Waals surface area (Å²) < 4.78 is 10.4. The van der Waals surface area contributed by atoms with Gasteiger partial charge in [-0.2, -0.15) is 5.26 Å². The maximum Gasteiger partial charge on any atom is 0.266 e. The molecule has 0 unspecified atom stereocenters. The Balaban J connectivity index is 2.38. The number of methoxy groups -OCH3 is 2. The number of ether oxygens (including phenoxy) is 2. The van der Waals surface area contributed by atoms with E-state index in [9.17, 15) is 10.1 Å². The van der Waals surface area contributed by atoms with Crippen molar-refractivity contribution in [2.24, 2.45) is 0 Å². The maximum absolute atomic E-state index is 12.4. The zero-order valence-electron chi connectivity index (χ0n) is 13.8. The molecule has 0 aliphatic heterocycles. The van der Waals surface area contributed by atoms with Gasteiger partial charge in [0, 0.05) is 0 Å². The highest BCUT2D eigenvalue weighted by atomic mass is 35.5. The van der Waals surface area contributed by atoms with Crippen molar-refractivity contribution in [3.05, 3.63) is 56.5 Å². The molecule has 26 heavy (non-hydrogen) atoms. The number of rotatable bonds is 5. The molecule has 134 valence electrons. The molecule has 2 aromatic rings. The number of hydrogen-bond donors (Lipinski definition) is 1. The quantitative estimate of drug-likeness (QED) is 0.541. The van der Waals surface area contributed by atoms with E-state index in [1.165, 1.54) is 20.3 Å². The zero-order valence-corrected chi connectivity index (χ0v) is 16.0. The number of halogens is 3. The molecule has 2 rings (SSSR count). The molecule has 0 aliphatic carbocycles. The predicted molar refractivity (Wildman–Crippen MR) is 103 cm³/mol. The van der Waals surface area contributed by atoms with Crippen LogP contribution in [0.3, 0.4) is 0 Å². The fourth-order valence-electron chi connectivity index (χ4n) is 2.13. The third-order valence-corrected chi connectivity index (χ3v) is 4.24. The molecule has 0 saturated heterocycles. The zero-order chi connectivity index (χ0) is 19.3. The standard InChI is InChI=1S/C18H13Cl3N2O3/c1-25-15-8-10(7-14(21)17(15)26-2)6-11(9-22)18(24)23-16-12(19)4-3-5-13(16)20/h3-8H,1-2H3,(H,23,24)/b11-6+. The molecule has 0 radical (unpaired) electrons. The highest BCUT2D eigenvalue weighted by Crippen LogP contribution is 2.36. The molecule has 0 aromatic heterocycles. The first-order valence-electron chi connectivity index (χ1n) is 7.20. The summed E-state index contributed by atoms with van der Waals surface area (Å²) in [6, 6.07) is 9.79. The first-order chi connectivity index (χ1) is 12.4. The molecule has 0 saturated carbocycles. The van der Waals surface area contributed by atoms with Crippen molar-refractivity contribution in [2.45, 2.75) is 0 Å². The summed E-state index contributed by atoms with van der Waals surface area (Å²) in [7, 11) is 2.92. The van der Waals surface area contributed by atoms with Gasteiger partial charge in [0.25, 0.3) is 5.91 Å². The van der Waals surface area contributed by atoms with E-state index in [1.54, 1.807) is 30.3 Å². The van der Waals surface area contributed by atoms with E-state index in [0.29, 0.717) is 17.1 Å². The number of amides is 1. The van der Waals surface area contributed by atoms with Crippen LogP contribution in [0.15, 0.2) is 35.9 Å². The lowest BCUT2D eigenvalue weighted by Gasteiger charge is -2.11. The summed E-state index contributed by atoms with van der Waals surface area (Å²) in [5.41, 5.74) is 0.557. The third-order valence-electron chi connectivity index (χ3n) is 3.33. The van der Waals surface area contributed by atoms with Crippen molar-refractivity contribution in [2.75, 3.05) is 19.5 Å². The van der Waals surface area contributed by atoms with Crippen molar-refractivity contribution in [3.8, 4) is 17.6 Å². The van der Waals surface area contributed by atoms with Gasteiger partial charge in [-0.05, 0) is 35.9 Å². The lowest BCUT2D eigenvalue weighted by molar-refractivity contribution is -0.112. The van der Waals surface area contributed by atoms with Gasteiger partial charge in [0.05, 0.1) is 35.0 Å². The highest BCUT2D eigenvalue weighted by molar-refractivity contribution is 6.40. The Kier molecular flexibility index (Phi) is 6.76. The van der Waals surface area contributed by atoms with Gasteiger partial charge >= 0.3 is 0 Å².